The molecule has 0 saturated carbocycles. The summed E-state index contributed by atoms with van der Waals surface area (Å²) < 4.78 is 36.5. The quantitative estimate of drug-likeness (QED) is 0.721. The Hall–Kier alpha value is -1.96. The molecule has 0 bridgehead atoms. The van der Waals surface area contributed by atoms with Gasteiger partial charge in [-0.2, -0.15) is 0 Å². The molecule has 1 unspecified atom stereocenters. The molecule has 1 saturated heterocycles. The number of rotatable bonds is 7. The first-order valence-electron chi connectivity index (χ1n) is 8.81. The van der Waals surface area contributed by atoms with E-state index >= 15 is 0 Å². The lowest BCUT2D eigenvalue weighted by Crippen LogP contribution is -2.49. The van der Waals surface area contributed by atoms with Gasteiger partial charge in [0.05, 0.1) is 26.2 Å². The Balaban J connectivity index is 2.36. The minimum absolute atomic E-state index is 0.171. The van der Waals surface area contributed by atoms with E-state index in [0.29, 0.717) is 23.7 Å². The highest BCUT2D eigenvalue weighted by atomic mass is 32.2. The van der Waals surface area contributed by atoms with Crippen LogP contribution >= 0.6 is 0 Å². The predicted molar refractivity (Wildman–Crippen MR) is 101 cm³/mol. The van der Waals surface area contributed by atoms with E-state index in [2.05, 4.69) is 6.92 Å². The molecule has 2 rings (SSSR count). The fourth-order valence-corrected chi connectivity index (χ4v) is 4.18. The molecule has 8 heteroatoms. The topological polar surface area (TPSA) is 76.2 Å². The predicted octanol–water partition coefficient (Wildman–Crippen LogP) is 2.26. The maximum absolute atomic E-state index is 12.9. The summed E-state index contributed by atoms with van der Waals surface area (Å²) in [5.41, 5.74) is 0.299. The van der Waals surface area contributed by atoms with E-state index in [1.165, 1.54) is 14.2 Å². The number of hydrogen-bond acceptors (Lipinski definition) is 5. The molecule has 0 N–H and O–H groups in total. The summed E-state index contributed by atoms with van der Waals surface area (Å²) in [4.78, 5) is 14.7. The van der Waals surface area contributed by atoms with Crippen molar-refractivity contribution in [3.63, 3.8) is 0 Å². The minimum atomic E-state index is -3.68. The molecule has 1 aromatic rings. The molecule has 1 fully saturated rings. The first-order valence-corrected chi connectivity index (χ1v) is 10.7. The second-order valence-electron chi connectivity index (χ2n) is 6.45. The lowest BCUT2D eigenvalue weighted by molar-refractivity contribution is -0.133. The molecule has 1 aliphatic heterocycles. The molecule has 1 atom stereocenters. The number of ether oxygens (including phenoxy) is 2. The van der Waals surface area contributed by atoms with Crippen LogP contribution < -0.4 is 13.8 Å². The van der Waals surface area contributed by atoms with Crippen LogP contribution in [-0.2, 0) is 14.8 Å². The van der Waals surface area contributed by atoms with Gasteiger partial charge in [0.1, 0.15) is 18.0 Å². The number of piperidine rings is 1. The van der Waals surface area contributed by atoms with E-state index in [9.17, 15) is 13.2 Å². The van der Waals surface area contributed by atoms with Crippen molar-refractivity contribution in [2.45, 2.75) is 38.6 Å². The lowest BCUT2D eigenvalue weighted by atomic mass is 10.00. The molecule has 1 aliphatic rings. The molecule has 0 spiro atoms. The van der Waals surface area contributed by atoms with Crippen molar-refractivity contribution in [2.24, 2.45) is 0 Å². The van der Waals surface area contributed by atoms with E-state index in [0.717, 1.165) is 36.2 Å². The number of amides is 1. The average Bonchev–Trinajstić information content (AvgIpc) is 2.64. The van der Waals surface area contributed by atoms with Gasteiger partial charge in [0.15, 0.2) is 0 Å². The maximum atomic E-state index is 12.9. The van der Waals surface area contributed by atoms with Crippen molar-refractivity contribution in [3.8, 4) is 11.5 Å². The van der Waals surface area contributed by atoms with Crippen LogP contribution in [0.15, 0.2) is 18.2 Å². The van der Waals surface area contributed by atoms with Gasteiger partial charge in [-0.25, -0.2) is 8.42 Å². The zero-order valence-corrected chi connectivity index (χ0v) is 16.7. The zero-order chi connectivity index (χ0) is 19.3. The largest absolute Gasteiger partial charge is 0.497 e. The smallest absolute Gasteiger partial charge is 0.243 e. The highest BCUT2D eigenvalue weighted by Crippen LogP contribution is 2.34. The van der Waals surface area contributed by atoms with Gasteiger partial charge in [-0.05, 0) is 37.8 Å². The Labute approximate surface area is 155 Å². The number of carbonyl (C=O) groups excluding carboxylic acids is 1. The molecule has 26 heavy (non-hydrogen) atoms. The Kier molecular flexibility index (Phi) is 6.75. The third kappa shape index (κ3) is 4.60. The van der Waals surface area contributed by atoms with Gasteiger partial charge >= 0.3 is 0 Å². The van der Waals surface area contributed by atoms with Gasteiger partial charge in [0.2, 0.25) is 15.9 Å². The monoisotopic (exact) mass is 384 g/mol. The Morgan fingerprint density at radius 3 is 2.58 bits per heavy atom. The van der Waals surface area contributed by atoms with Crippen molar-refractivity contribution in [3.05, 3.63) is 18.2 Å². The second kappa shape index (κ2) is 8.62. The molecule has 1 heterocycles. The van der Waals surface area contributed by atoms with Crippen LogP contribution in [0.4, 0.5) is 5.69 Å². The highest BCUT2D eigenvalue weighted by molar-refractivity contribution is 7.92. The molecule has 0 aromatic heterocycles. The molecule has 1 amide bonds. The Bertz CT molecular complexity index is 735. The number of nitrogens with zero attached hydrogens (tertiary/aromatic N) is 2. The van der Waals surface area contributed by atoms with Crippen LogP contribution in [0.2, 0.25) is 0 Å². The van der Waals surface area contributed by atoms with Gasteiger partial charge in [-0.1, -0.05) is 6.92 Å². The van der Waals surface area contributed by atoms with E-state index in [1.807, 2.05) is 4.90 Å². The number of anilines is 1. The highest BCUT2D eigenvalue weighted by Gasteiger charge is 2.30. The van der Waals surface area contributed by atoms with Crippen LogP contribution in [0.1, 0.15) is 32.6 Å². The normalized spacial score (nSPS) is 17.7. The van der Waals surface area contributed by atoms with Crippen molar-refractivity contribution in [1.29, 1.82) is 0 Å². The van der Waals surface area contributed by atoms with Crippen LogP contribution in [0, 0.1) is 0 Å². The number of benzene rings is 1. The van der Waals surface area contributed by atoms with E-state index in [-0.39, 0.29) is 18.5 Å². The Morgan fingerprint density at radius 1 is 1.27 bits per heavy atom. The number of hydrogen-bond donors (Lipinski definition) is 0. The summed E-state index contributed by atoms with van der Waals surface area (Å²) in [5.74, 6) is 0.674. The van der Waals surface area contributed by atoms with Gasteiger partial charge < -0.3 is 14.4 Å². The first kappa shape index (κ1) is 20.4. The van der Waals surface area contributed by atoms with Gasteiger partial charge in [-0.15, -0.1) is 0 Å². The van der Waals surface area contributed by atoms with E-state index in [1.54, 1.807) is 18.2 Å². The summed E-state index contributed by atoms with van der Waals surface area (Å²) in [6.45, 7) is 2.47. The summed E-state index contributed by atoms with van der Waals surface area (Å²) >= 11 is 0. The third-order valence-corrected chi connectivity index (χ3v) is 5.88. The average molecular weight is 384 g/mol. The summed E-state index contributed by atoms with van der Waals surface area (Å²) in [7, 11) is -0.718. The van der Waals surface area contributed by atoms with Gasteiger partial charge in [-0.3, -0.25) is 9.10 Å². The number of sulfonamides is 1. The molecule has 146 valence electrons. The SMILES string of the molecule is CCC1CCCCN1C(=O)CN(c1cc(OC)ccc1OC)S(C)(=O)=O. The van der Waals surface area contributed by atoms with Gasteiger partial charge in [0.25, 0.3) is 0 Å². The maximum Gasteiger partial charge on any atom is 0.243 e. The molecular formula is C18H28N2O5S. The third-order valence-electron chi connectivity index (χ3n) is 4.75. The molecule has 1 aromatic carbocycles. The standard InChI is InChI=1S/C18H28N2O5S/c1-5-14-8-6-7-11-19(14)18(21)13-20(26(4,22)23)16-12-15(24-2)9-10-17(16)25-3/h9-10,12,14H,5-8,11,13H2,1-4H3. The molecule has 0 radical (unpaired) electrons. The van der Waals surface area contributed by atoms with Crippen LogP contribution in [0.3, 0.4) is 0 Å². The van der Waals surface area contributed by atoms with E-state index in [4.69, 9.17) is 9.47 Å². The van der Waals surface area contributed by atoms with Gasteiger partial charge in [0, 0.05) is 18.7 Å². The fourth-order valence-electron chi connectivity index (χ4n) is 3.34. The van der Waals surface area contributed by atoms with Crippen molar-refractivity contribution < 1.29 is 22.7 Å². The van der Waals surface area contributed by atoms with Crippen molar-refractivity contribution in [1.82, 2.24) is 4.90 Å². The Morgan fingerprint density at radius 2 is 2.00 bits per heavy atom. The molecular weight excluding hydrogens is 356 g/mol. The lowest BCUT2D eigenvalue weighted by Gasteiger charge is -2.36. The summed E-state index contributed by atoms with van der Waals surface area (Å²) in [6, 6.07) is 5.06. The van der Waals surface area contributed by atoms with Crippen molar-refractivity contribution in [2.75, 3.05) is 37.9 Å². The fraction of sp³-hybridized carbons (Fsp3) is 0.611. The van der Waals surface area contributed by atoms with Crippen LogP contribution in [0.5, 0.6) is 11.5 Å². The molecule has 7 nitrogen and oxygen atoms in total. The molecule has 0 aliphatic carbocycles. The van der Waals surface area contributed by atoms with Crippen LogP contribution in [-0.4, -0.2) is 58.8 Å². The first-order chi connectivity index (χ1) is 12.3. The summed E-state index contributed by atoms with van der Waals surface area (Å²) in [5, 5.41) is 0. The number of carbonyl (C=O) groups is 1. The number of likely N-dealkylation sites (tertiary alicyclic amines) is 1. The second-order valence-corrected chi connectivity index (χ2v) is 8.36. The van der Waals surface area contributed by atoms with E-state index < -0.39 is 10.0 Å². The van der Waals surface area contributed by atoms with Crippen molar-refractivity contribution >= 4 is 21.6 Å². The minimum Gasteiger partial charge on any atom is -0.497 e. The number of methoxy groups -OCH3 is 2. The van der Waals surface area contributed by atoms with Crippen LogP contribution in [0.25, 0.3) is 0 Å². The summed E-state index contributed by atoms with van der Waals surface area (Å²) in [6.07, 6.45) is 4.97. The zero-order valence-electron chi connectivity index (χ0n) is 15.9.